The van der Waals surface area contributed by atoms with Gasteiger partial charge in [0.25, 0.3) is 0 Å². The Kier molecular flexibility index (Phi) is 2.74. The van der Waals surface area contributed by atoms with E-state index >= 15 is 0 Å². The molecule has 0 unspecified atom stereocenters. The molecule has 92 valence electrons. The van der Waals surface area contributed by atoms with Crippen LogP contribution in [0.1, 0.15) is 43.1 Å². The van der Waals surface area contributed by atoms with Crippen molar-refractivity contribution in [1.82, 2.24) is 9.97 Å². The first-order chi connectivity index (χ1) is 8.22. The quantitative estimate of drug-likeness (QED) is 0.841. The van der Waals surface area contributed by atoms with Crippen molar-refractivity contribution in [2.45, 2.75) is 44.6 Å². The van der Waals surface area contributed by atoms with E-state index < -0.39 is 0 Å². The number of aromatic nitrogens is 2. The number of rotatable bonds is 2. The van der Waals surface area contributed by atoms with Crippen molar-refractivity contribution in [2.75, 3.05) is 18.0 Å². The Labute approximate surface area is 102 Å². The Morgan fingerprint density at radius 2 is 1.88 bits per heavy atom. The van der Waals surface area contributed by atoms with E-state index in [0.29, 0.717) is 12.0 Å². The molecule has 2 aliphatic rings. The Hall–Kier alpha value is -1.16. The average Bonchev–Trinajstić information content (AvgIpc) is 3.13. The minimum Gasteiger partial charge on any atom is -0.356 e. The first-order valence-corrected chi connectivity index (χ1v) is 6.58. The third-order valence-corrected chi connectivity index (χ3v) is 3.66. The molecule has 0 radical (unpaired) electrons. The Balaban J connectivity index is 1.81. The van der Waals surface area contributed by atoms with Crippen LogP contribution in [0, 0.1) is 6.92 Å². The van der Waals surface area contributed by atoms with Crippen LogP contribution in [0.25, 0.3) is 0 Å². The van der Waals surface area contributed by atoms with Crippen molar-refractivity contribution in [3.05, 3.63) is 17.6 Å². The number of hydrogen-bond donors (Lipinski definition) is 1. The number of nitrogens with zero attached hydrogens (tertiary/aromatic N) is 3. The van der Waals surface area contributed by atoms with E-state index in [9.17, 15) is 0 Å². The van der Waals surface area contributed by atoms with Gasteiger partial charge in [-0.2, -0.15) is 0 Å². The van der Waals surface area contributed by atoms with Gasteiger partial charge in [0.2, 0.25) is 0 Å². The molecule has 1 aliphatic heterocycles. The maximum Gasteiger partial charge on any atom is 0.134 e. The lowest BCUT2D eigenvalue weighted by Gasteiger charge is -2.31. The molecular formula is C13H20N4. The molecule has 2 N–H and O–H groups in total. The van der Waals surface area contributed by atoms with Crippen molar-refractivity contribution in [1.29, 1.82) is 0 Å². The molecule has 17 heavy (non-hydrogen) atoms. The minimum atomic E-state index is 0.372. The van der Waals surface area contributed by atoms with Crippen molar-refractivity contribution in [3.63, 3.8) is 0 Å². The summed E-state index contributed by atoms with van der Waals surface area (Å²) < 4.78 is 0. The van der Waals surface area contributed by atoms with Crippen molar-refractivity contribution >= 4 is 5.82 Å². The molecule has 3 rings (SSSR count). The molecule has 1 aliphatic carbocycles. The monoisotopic (exact) mass is 232 g/mol. The highest BCUT2D eigenvalue weighted by molar-refractivity contribution is 5.41. The van der Waals surface area contributed by atoms with E-state index in [1.807, 2.05) is 0 Å². The summed E-state index contributed by atoms with van der Waals surface area (Å²) in [5, 5.41) is 0. The predicted octanol–water partition coefficient (Wildman–Crippen LogP) is 1.59. The molecule has 0 atom stereocenters. The van der Waals surface area contributed by atoms with Gasteiger partial charge in [-0.1, -0.05) is 0 Å². The minimum absolute atomic E-state index is 0.372. The predicted molar refractivity (Wildman–Crippen MR) is 68.2 cm³/mol. The van der Waals surface area contributed by atoms with Crippen LogP contribution in [-0.2, 0) is 0 Å². The summed E-state index contributed by atoms with van der Waals surface area (Å²) in [6.07, 6.45) is 4.66. The molecule has 2 fully saturated rings. The third-order valence-electron chi connectivity index (χ3n) is 3.66. The zero-order valence-electron chi connectivity index (χ0n) is 10.4. The van der Waals surface area contributed by atoms with E-state index in [2.05, 4.69) is 22.9 Å². The zero-order valence-corrected chi connectivity index (χ0v) is 10.4. The van der Waals surface area contributed by atoms with Crippen LogP contribution in [0.4, 0.5) is 5.82 Å². The highest BCUT2D eigenvalue weighted by Crippen LogP contribution is 2.38. The lowest BCUT2D eigenvalue weighted by atomic mass is 10.1. The molecule has 0 bridgehead atoms. The maximum absolute atomic E-state index is 5.93. The summed E-state index contributed by atoms with van der Waals surface area (Å²) in [5.41, 5.74) is 7.02. The fourth-order valence-corrected chi connectivity index (χ4v) is 2.39. The van der Waals surface area contributed by atoms with E-state index in [-0.39, 0.29) is 0 Å². The molecule has 1 saturated carbocycles. The summed E-state index contributed by atoms with van der Waals surface area (Å²) in [7, 11) is 0. The van der Waals surface area contributed by atoms with E-state index in [1.54, 1.807) is 0 Å². The highest BCUT2D eigenvalue weighted by Gasteiger charge is 2.28. The molecule has 1 saturated heterocycles. The van der Waals surface area contributed by atoms with E-state index in [0.717, 1.165) is 43.3 Å². The van der Waals surface area contributed by atoms with Crippen LogP contribution < -0.4 is 10.6 Å². The van der Waals surface area contributed by atoms with Crippen LogP contribution in [-0.4, -0.2) is 29.1 Å². The van der Waals surface area contributed by atoms with Crippen LogP contribution in [0.15, 0.2) is 6.07 Å². The SMILES string of the molecule is Cc1cc(N2CCC(N)CC2)nc(C2CC2)n1. The average molecular weight is 232 g/mol. The molecule has 0 spiro atoms. The first-order valence-electron chi connectivity index (χ1n) is 6.58. The molecule has 0 amide bonds. The highest BCUT2D eigenvalue weighted by atomic mass is 15.2. The Morgan fingerprint density at radius 3 is 2.53 bits per heavy atom. The van der Waals surface area contributed by atoms with Gasteiger partial charge in [0.15, 0.2) is 0 Å². The van der Waals surface area contributed by atoms with E-state index in [4.69, 9.17) is 10.7 Å². The second-order valence-electron chi connectivity index (χ2n) is 5.32. The van der Waals surface area contributed by atoms with E-state index in [1.165, 1.54) is 12.8 Å². The third kappa shape index (κ3) is 2.41. The van der Waals surface area contributed by atoms with Crippen LogP contribution in [0.2, 0.25) is 0 Å². The van der Waals surface area contributed by atoms with Crippen LogP contribution in [0.3, 0.4) is 0 Å². The van der Waals surface area contributed by atoms with Crippen LogP contribution in [0.5, 0.6) is 0 Å². The van der Waals surface area contributed by atoms with Crippen molar-refractivity contribution in [3.8, 4) is 0 Å². The number of anilines is 1. The summed E-state index contributed by atoms with van der Waals surface area (Å²) in [5.74, 6) is 2.78. The van der Waals surface area contributed by atoms with Gasteiger partial charge in [-0.25, -0.2) is 9.97 Å². The van der Waals surface area contributed by atoms with Gasteiger partial charge in [-0.05, 0) is 32.6 Å². The summed E-state index contributed by atoms with van der Waals surface area (Å²) >= 11 is 0. The van der Waals surface area contributed by atoms with Gasteiger partial charge in [0.1, 0.15) is 11.6 Å². The molecule has 4 nitrogen and oxygen atoms in total. The lowest BCUT2D eigenvalue weighted by Crippen LogP contribution is -2.40. The first kappa shape index (κ1) is 11.0. The number of aryl methyl sites for hydroxylation is 1. The van der Waals surface area contributed by atoms with Gasteiger partial charge >= 0.3 is 0 Å². The Bertz CT molecular complexity index is 406. The fraction of sp³-hybridized carbons (Fsp3) is 0.692. The molecular weight excluding hydrogens is 212 g/mol. The van der Waals surface area contributed by atoms with Crippen LogP contribution >= 0.6 is 0 Å². The molecule has 2 heterocycles. The Morgan fingerprint density at radius 1 is 1.18 bits per heavy atom. The van der Waals surface area contributed by atoms with Gasteiger partial charge < -0.3 is 10.6 Å². The number of piperidine rings is 1. The lowest BCUT2D eigenvalue weighted by molar-refractivity contribution is 0.498. The topological polar surface area (TPSA) is 55.0 Å². The van der Waals surface area contributed by atoms with Gasteiger partial charge in [-0.3, -0.25) is 0 Å². The second-order valence-corrected chi connectivity index (χ2v) is 5.32. The number of nitrogens with two attached hydrogens (primary N) is 1. The van der Waals surface area contributed by atoms with Crippen molar-refractivity contribution < 1.29 is 0 Å². The zero-order chi connectivity index (χ0) is 11.8. The summed E-state index contributed by atoms with van der Waals surface area (Å²) in [6, 6.07) is 2.47. The van der Waals surface area contributed by atoms with Gasteiger partial charge in [-0.15, -0.1) is 0 Å². The summed E-state index contributed by atoms with van der Waals surface area (Å²) in [4.78, 5) is 11.6. The van der Waals surface area contributed by atoms with Crippen molar-refractivity contribution in [2.24, 2.45) is 5.73 Å². The van der Waals surface area contributed by atoms with Gasteiger partial charge in [0, 0.05) is 36.8 Å². The number of hydrogen-bond acceptors (Lipinski definition) is 4. The standard InChI is InChI=1S/C13H20N4/c1-9-8-12(16-13(15-9)10-2-3-10)17-6-4-11(14)5-7-17/h8,10-11H,2-7,14H2,1H3. The molecule has 1 aromatic heterocycles. The molecule has 4 heteroatoms. The summed E-state index contributed by atoms with van der Waals surface area (Å²) in [6.45, 7) is 4.12. The fourth-order valence-electron chi connectivity index (χ4n) is 2.39. The largest absolute Gasteiger partial charge is 0.356 e. The smallest absolute Gasteiger partial charge is 0.134 e. The molecule has 1 aromatic rings. The normalized spacial score (nSPS) is 21.9. The second kappa shape index (κ2) is 4.26. The molecule has 0 aromatic carbocycles. The maximum atomic E-state index is 5.93. The van der Waals surface area contributed by atoms with Gasteiger partial charge in [0.05, 0.1) is 0 Å².